The summed E-state index contributed by atoms with van der Waals surface area (Å²) in [5.74, 6) is -2.19. The van der Waals surface area contributed by atoms with Crippen LogP contribution in [-0.4, -0.2) is 38.2 Å². The summed E-state index contributed by atoms with van der Waals surface area (Å²) in [5.41, 5.74) is -1.28. The lowest BCUT2D eigenvalue weighted by Gasteiger charge is -2.13. The van der Waals surface area contributed by atoms with E-state index in [1.165, 1.54) is 13.2 Å². The third-order valence-corrected chi connectivity index (χ3v) is 2.94. The average Bonchev–Trinajstić information content (AvgIpc) is 3.17. The first-order valence-electron chi connectivity index (χ1n) is 5.70. The molecule has 6 heteroatoms. The fourth-order valence-corrected chi connectivity index (χ4v) is 1.77. The molecule has 0 heterocycles. The first-order valence-corrected chi connectivity index (χ1v) is 5.70. The molecule has 6 nitrogen and oxygen atoms in total. The summed E-state index contributed by atoms with van der Waals surface area (Å²) >= 11 is 0. The van der Waals surface area contributed by atoms with Gasteiger partial charge in [0.25, 0.3) is 0 Å². The Balaban J connectivity index is 2.47. The van der Waals surface area contributed by atoms with Crippen LogP contribution in [0.15, 0.2) is 25.3 Å². The molecule has 0 saturated heterocycles. The largest absolute Gasteiger partial charge is 0.468 e. The summed E-state index contributed by atoms with van der Waals surface area (Å²) in [6.07, 6.45) is 2.86. The first-order chi connectivity index (χ1) is 9.02. The summed E-state index contributed by atoms with van der Waals surface area (Å²) in [6.45, 7) is 6.56. The third kappa shape index (κ3) is 3.01. The van der Waals surface area contributed by atoms with Crippen molar-refractivity contribution in [3.05, 3.63) is 25.3 Å². The van der Waals surface area contributed by atoms with Crippen LogP contribution < -0.4 is 0 Å². The predicted molar refractivity (Wildman–Crippen MR) is 64.9 cm³/mol. The van der Waals surface area contributed by atoms with Gasteiger partial charge in [-0.1, -0.05) is 12.7 Å². The molecule has 0 spiro atoms. The number of esters is 3. The highest BCUT2D eigenvalue weighted by Crippen LogP contribution is 2.55. The first kappa shape index (κ1) is 14.9. The summed E-state index contributed by atoms with van der Waals surface area (Å²) in [5, 5.41) is 0. The molecule has 2 unspecified atom stereocenters. The SMILES string of the molecule is C=CC(=O)OCCOC(=O)C1(C(=O)OC)CC1C=C. The van der Waals surface area contributed by atoms with Crippen molar-refractivity contribution in [2.45, 2.75) is 6.42 Å². The molecule has 2 atom stereocenters. The molecule has 104 valence electrons. The third-order valence-electron chi connectivity index (χ3n) is 2.94. The lowest BCUT2D eigenvalue weighted by molar-refractivity contribution is -0.165. The Labute approximate surface area is 111 Å². The van der Waals surface area contributed by atoms with E-state index in [9.17, 15) is 14.4 Å². The van der Waals surface area contributed by atoms with Gasteiger partial charge in [0.2, 0.25) is 0 Å². The summed E-state index contributed by atoms with van der Waals surface area (Å²) < 4.78 is 14.2. The van der Waals surface area contributed by atoms with E-state index in [-0.39, 0.29) is 19.1 Å². The van der Waals surface area contributed by atoms with Crippen LogP contribution in [0.2, 0.25) is 0 Å². The van der Waals surface area contributed by atoms with Gasteiger partial charge in [-0.3, -0.25) is 9.59 Å². The molecule has 0 amide bonds. The van der Waals surface area contributed by atoms with E-state index in [2.05, 4.69) is 22.6 Å². The van der Waals surface area contributed by atoms with E-state index < -0.39 is 23.3 Å². The molecule has 1 saturated carbocycles. The number of ether oxygens (including phenoxy) is 3. The fraction of sp³-hybridized carbons (Fsp3) is 0.462. The number of allylic oxidation sites excluding steroid dienone is 1. The van der Waals surface area contributed by atoms with Crippen molar-refractivity contribution in [1.29, 1.82) is 0 Å². The molecule has 0 N–H and O–H groups in total. The second kappa shape index (κ2) is 6.17. The highest BCUT2D eigenvalue weighted by Gasteiger charge is 2.66. The molecule has 1 aliphatic rings. The van der Waals surface area contributed by atoms with Gasteiger partial charge >= 0.3 is 17.9 Å². The molecular formula is C13H16O6. The summed E-state index contributed by atoms with van der Waals surface area (Å²) in [6, 6.07) is 0. The van der Waals surface area contributed by atoms with Crippen LogP contribution in [0.4, 0.5) is 0 Å². The van der Waals surface area contributed by atoms with Crippen molar-refractivity contribution in [2.24, 2.45) is 11.3 Å². The Kier molecular flexibility index (Phi) is 4.86. The van der Waals surface area contributed by atoms with Crippen molar-refractivity contribution >= 4 is 17.9 Å². The molecule has 1 rings (SSSR count). The Bertz CT molecular complexity index is 413. The van der Waals surface area contributed by atoms with E-state index in [4.69, 9.17) is 4.74 Å². The second-order valence-corrected chi connectivity index (χ2v) is 4.02. The van der Waals surface area contributed by atoms with Crippen molar-refractivity contribution in [3.8, 4) is 0 Å². The molecule has 1 fully saturated rings. The normalized spacial score (nSPS) is 23.9. The van der Waals surface area contributed by atoms with E-state index >= 15 is 0 Å². The van der Waals surface area contributed by atoms with Crippen LogP contribution in [0.3, 0.4) is 0 Å². The maximum atomic E-state index is 11.9. The number of hydrogen-bond acceptors (Lipinski definition) is 6. The van der Waals surface area contributed by atoms with E-state index in [0.29, 0.717) is 6.42 Å². The van der Waals surface area contributed by atoms with Crippen LogP contribution in [0.25, 0.3) is 0 Å². The minimum absolute atomic E-state index is 0.0907. The second-order valence-electron chi connectivity index (χ2n) is 4.02. The Hall–Kier alpha value is -2.11. The zero-order valence-electron chi connectivity index (χ0n) is 10.7. The quantitative estimate of drug-likeness (QED) is 0.168. The van der Waals surface area contributed by atoms with Crippen LogP contribution in [0.5, 0.6) is 0 Å². The van der Waals surface area contributed by atoms with Gasteiger partial charge in [0, 0.05) is 12.0 Å². The highest BCUT2D eigenvalue weighted by atomic mass is 16.6. The Morgan fingerprint density at radius 1 is 1.21 bits per heavy atom. The molecule has 0 aromatic rings. The van der Waals surface area contributed by atoms with Gasteiger partial charge in [0.1, 0.15) is 13.2 Å². The van der Waals surface area contributed by atoms with E-state index in [1.807, 2.05) is 0 Å². The minimum Gasteiger partial charge on any atom is -0.468 e. The van der Waals surface area contributed by atoms with Gasteiger partial charge in [0.05, 0.1) is 7.11 Å². The molecule has 0 bridgehead atoms. The van der Waals surface area contributed by atoms with Crippen molar-refractivity contribution in [2.75, 3.05) is 20.3 Å². The topological polar surface area (TPSA) is 78.9 Å². The minimum atomic E-state index is -1.28. The highest BCUT2D eigenvalue weighted by molar-refractivity contribution is 6.04. The van der Waals surface area contributed by atoms with Crippen LogP contribution in [0.1, 0.15) is 6.42 Å². The lowest BCUT2D eigenvalue weighted by Crippen LogP contribution is -2.31. The van der Waals surface area contributed by atoms with E-state index in [0.717, 1.165) is 6.08 Å². The smallest absolute Gasteiger partial charge is 0.330 e. The Morgan fingerprint density at radius 2 is 1.84 bits per heavy atom. The maximum Gasteiger partial charge on any atom is 0.330 e. The monoisotopic (exact) mass is 268 g/mol. The standard InChI is InChI=1S/C13H16O6/c1-4-9-8-13(9,11(15)17-3)12(16)19-7-6-18-10(14)5-2/h4-5,9H,1-2,6-8H2,3H3. The molecule has 0 aromatic heterocycles. The van der Waals surface area contributed by atoms with Gasteiger partial charge in [-0.15, -0.1) is 6.58 Å². The van der Waals surface area contributed by atoms with Gasteiger partial charge in [0.15, 0.2) is 5.41 Å². The summed E-state index contributed by atoms with van der Waals surface area (Å²) in [4.78, 5) is 34.3. The predicted octanol–water partition coefficient (Wildman–Crippen LogP) is 0.624. The number of rotatable bonds is 7. The Morgan fingerprint density at radius 3 is 2.32 bits per heavy atom. The zero-order chi connectivity index (χ0) is 14.5. The van der Waals surface area contributed by atoms with Crippen molar-refractivity contribution in [3.63, 3.8) is 0 Å². The fourth-order valence-electron chi connectivity index (χ4n) is 1.77. The number of carbonyl (C=O) groups excluding carboxylic acids is 3. The van der Waals surface area contributed by atoms with Crippen molar-refractivity contribution < 1.29 is 28.6 Å². The average molecular weight is 268 g/mol. The molecular weight excluding hydrogens is 252 g/mol. The van der Waals surface area contributed by atoms with Gasteiger partial charge < -0.3 is 14.2 Å². The molecule has 19 heavy (non-hydrogen) atoms. The van der Waals surface area contributed by atoms with Gasteiger partial charge in [-0.2, -0.15) is 0 Å². The van der Waals surface area contributed by atoms with Crippen molar-refractivity contribution in [1.82, 2.24) is 0 Å². The molecule has 1 aliphatic carbocycles. The molecule has 0 aromatic carbocycles. The van der Waals surface area contributed by atoms with Gasteiger partial charge in [-0.25, -0.2) is 4.79 Å². The summed E-state index contributed by atoms with van der Waals surface area (Å²) in [7, 11) is 1.21. The number of methoxy groups -OCH3 is 1. The van der Waals surface area contributed by atoms with Crippen LogP contribution in [-0.2, 0) is 28.6 Å². The zero-order valence-corrected chi connectivity index (χ0v) is 10.7. The van der Waals surface area contributed by atoms with Crippen LogP contribution >= 0.6 is 0 Å². The lowest BCUT2D eigenvalue weighted by atomic mass is 10.0. The van der Waals surface area contributed by atoms with E-state index in [1.54, 1.807) is 0 Å². The molecule has 0 aliphatic heterocycles. The maximum absolute atomic E-state index is 11.9. The number of carbonyl (C=O) groups is 3. The van der Waals surface area contributed by atoms with Crippen LogP contribution in [0, 0.1) is 11.3 Å². The molecule has 0 radical (unpaired) electrons. The van der Waals surface area contributed by atoms with Gasteiger partial charge in [-0.05, 0) is 6.42 Å². The number of hydrogen-bond donors (Lipinski definition) is 0.